The van der Waals surface area contributed by atoms with Crippen LogP contribution in [0.3, 0.4) is 0 Å². The van der Waals surface area contributed by atoms with Gasteiger partial charge in [-0.05, 0) is 73.7 Å². The maximum absolute atomic E-state index is 8.93. The molecule has 1 aliphatic heterocycles. The van der Waals surface area contributed by atoms with E-state index >= 15 is 0 Å². The number of nitrogens with one attached hydrogen (secondary N) is 1. The summed E-state index contributed by atoms with van der Waals surface area (Å²) >= 11 is 6.22. The lowest BCUT2D eigenvalue weighted by Gasteiger charge is -2.29. The molecule has 6 nitrogen and oxygen atoms in total. The average Bonchev–Trinajstić information content (AvgIpc) is 3.10. The summed E-state index contributed by atoms with van der Waals surface area (Å²) in [5, 5.41) is 22.2. The van der Waals surface area contributed by atoms with Crippen LogP contribution in [0.5, 0.6) is 5.75 Å². The van der Waals surface area contributed by atoms with E-state index in [-0.39, 0.29) is 6.10 Å². The first kappa shape index (κ1) is 19.1. The summed E-state index contributed by atoms with van der Waals surface area (Å²) in [5.41, 5.74) is 2.94. The lowest BCUT2D eigenvalue weighted by Crippen LogP contribution is -2.25. The zero-order valence-corrected chi connectivity index (χ0v) is 17.3. The Kier molecular flexibility index (Phi) is 5.16. The van der Waals surface area contributed by atoms with Crippen LogP contribution in [-0.2, 0) is 13.1 Å². The molecule has 152 valence electrons. The van der Waals surface area contributed by atoms with E-state index in [1.54, 1.807) is 12.1 Å². The summed E-state index contributed by atoms with van der Waals surface area (Å²) in [6, 6.07) is 15.5. The van der Waals surface area contributed by atoms with Crippen LogP contribution in [0.1, 0.15) is 54.4 Å². The zero-order chi connectivity index (χ0) is 20.5. The first-order valence-electron chi connectivity index (χ1n) is 10.3. The number of fused-ring (bicyclic) bond motifs is 3. The molecule has 1 saturated carbocycles. The van der Waals surface area contributed by atoms with E-state index in [4.69, 9.17) is 21.6 Å². The third-order valence-electron chi connectivity index (χ3n) is 5.96. The van der Waals surface area contributed by atoms with Crippen LogP contribution < -0.4 is 10.1 Å². The average molecular weight is 420 g/mol. The third kappa shape index (κ3) is 3.67. The molecule has 0 amide bonds. The van der Waals surface area contributed by atoms with Gasteiger partial charge in [-0.25, -0.2) is 0 Å². The molecule has 2 heterocycles. The normalized spacial score (nSPS) is 20.5. The predicted molar refractivity (Wildman–Crippen MR) is 114 cm³/mol. The molecule has 5 rings (SSSR count). The van der Waals surface area contributed by atoms with E-state index in [0.29, 0.717) is 18.0 Å². The van der Waals surface area contributed by atoms with Gasteiger partial charge in [0.15, 0.2) is 5.82 Å². The molecule has 0 bridgehead atoms. The number of rotatable bonds is 3. The first-order chi connectivity index (χ1) is 14.7. The minimum Gasteiger partial charge on any atom is -0.490 e. The van der Waals surface area contributed by atoms with Gasteiger partial charge in [0, 0.05) is 17.5 Å². The number of nitriles is 1. The first-order valence-corrected chi connectivity index (χ1v) is 10.7. The Bertz CT molecular complexity index is 1090. The number of ether oxygens (including phenoxy) is 1. The third-order valence-corrected chi connectivity index (χ3v) is 6.20. The van der Waals surface area contributed by atoms with Gasteiger partial charge in [0.25, 0.3) is 0 Å². The van der Waals surface area contributed by atoms with Crippen molar-refractivity contribution in [2.24, 2.45) is 0 Å². The number of hydrogen-bond acceptors (Lipinski definition) is 5. The molecule has 7 heteroatoms. The number of halogens is 1. The number of benzene rings is 2. The van der Waals surface area contributed by atoms with Crippen molar-refractivity contribution < 1.29 is 4.74 Å². The number of aromatic nitrogens is 3. The summed E-state index contributed by atoms with van der Waals surface area (Å²) in [5.74, 6) is 3.16. The van der Waals surface area contributed by atoms with Gasteiger partial charge in [-0.1, -0.05) is 11.6 Å². The molecule has 30 heavy (non-hydrogen) atoms. The van der Waals surface area contributed by atoms with Gasteiger partial charge in [-0.15, -0.1) is 10.2 Å². The second-order valence-electron chi connectivity index (χ2n) is 7.91. The van der Waals surface area contributed by atoms with E-state index in [1.165, 1.54) is 5.56 Å². The minimum absolute atomic E-state index is 0.188. The van der Waals surface area contributed by atoms with Crippen molar-refractivity contribution in [2.75, 3.05) is 0 Å². The molecular weight excluding hydrogens is 398 g/mol. The SMILES string of the molecule is N#Cc1ccc(OC2CCC(c3nnc4n3-c3ccc(Cl)cc3CNC4)CC2)cc1. The fourth-order valence-corrected chi connectivity index (χ4v) is 4.63. The molecule has 2 aliphatic rings. The summed E-state index contributed by atoms with van der Waals surface area (Å²) in [7, 11) is 0. The van der Waals surface area contributed by atoms with Gasteiger partial charge < -0.3 is 10.1 Å². The minimum atomic E-state index is 0.188. The molecule has 0 atom stereocenters. The summed E-state index contributed by atoms with van der Waals surface area (Å²) in [6.07, 6.45) is 4.15. The highest BCUT2D eigenvalue weighted by Gasteiger charge is 2.30. The van der Waals surface area contributed by atoms with E-state index in [0.717, 1.165) is 60.3 Å². The molecule has 1 aliphatic carbocycles. The zero-order valence-electron chi connectivity index (χ0n) is 16.5. The van der Waals surface area contributed by atoms with E-state index < -0.39 is 0 Å². The number of hydrogen-bond donors (Lipinski definition) is 1. The van der Waals surface area contributed by atoms with Gasteiger partial charge in [0.2, 0.25) is 0 Å². The van der Waals surface area contributed by atoms with Crippen molar-refractivity contribution in [3.8, 4) is 17.5 Å². The second-order valence-corrected chi connectivity index (χ2v) is 8.35. The topological polar surface area (TPSA) is 75.8 Å². The lowest BCUT2D eigenvalue weighted by molar-refractivity contribution is 0.144. The van der Waals surface area contributed by atoms with Crippen LogP contribution in [0.2, 0.25) is 5.02 Å². The molecule has 1 aromatic heterocycles. The molecule has 3 aromatic rings. The van der Waals surface area contributed by atoms with Gasteiger partial charge in [0.1, 0.15) is 11.6 Å². The molecule has 0 radical (unpaired) electrons. The summed E-state index contributed by atoms with van der Waals surface area (Å²) < 4.78 is 8.37. The number of nitrogens with zero attached hydrogens (tertiary/aromatic N) is 4. The van der Waals surface area contributed by atoms with Crippen molar-refractivity contribution >= 4 is 11.6 Å². The Balaban J connectivity index is 1.32. The maximum atomic E-state index is 8.93. The van der Waals surface area contributed by atoms with Crippen LogP contribution >= 0.6 is 11.6 Å². The fraction of sp³-hybridized carbons (Fsp3) is 0.348. The standard InChI is InChI=1S/C23H22ClN5O/c24-18-5-10-21-17(11-18)13-26-14-22-27-28-23(29(21)22)16-3-8-20(9-4-16)30-19-6-1-15(12-25)2-7-19/h1-2,5-7,10-11,16,20,26H,3-4,8-9,13-14H2. The van der Waals surface area contributed by atoms with Crippen molar-refractivity contribution in [3.05, 3.63) is 70.3 Å². The van der Waals surface area contributed by atoms with Crippen molar-refractivity contribution in [3.63, 3.8) is 0 Å². The highest BCUT2D eigenvalue weighted by molar-refractivity contribution is 6.30. The Labute approximate surface area is 180 Å². The fourth-order valence-electron chi connectivity index (χ4n) is 4.43. The van der Waals surface area contributed by atoms with Gasteiger partial charge in [-0.2, -0.15) is 5.26 Å². The molecular formula is C23H22ClN5O. The summed E-state index contributed by atoms with van der Waals surface area (Å²) in [6.45, 7) is 1.46. The van der Waals surface area contributed by atoms with E-state index in [1.807, 2.05) is 24.3 Å². The van der Waals surface area contributed by atoms with E-state index in [9.17, 15) is 0 Å². The molecule has 0 spiro atoms. The Morgan fingerprint density at radius 2 is 1.83 bits per heavy atom. The Morgan fingerprint density at radius 3 is 2.60 bits per heavy atom. The smallest absolute Gasteiger partial charge is 0.151 e. The second kappa shape index (κ2) is 8.10. The van der Waals surface area contributed by atoms with Crippen molar-refractivity contribution in [1.29, 1.82) is 5.26 Å². The molecule has 2 aromatic carbocycles. The monoisotopic (exact) mass is 419 g/mol. The van der Waals surface area contributed by atoms with Gasteiger partial charge in [-0.3, -0.25) is 4.57 Å². The van der Waals surface area contributed by atoms with Gasteiger partial charge >= 0.3 is 0 Å². The quantitative estimate of drug-likeness (QED) is 0.676. The Morgan fingerprint density at radius 1 is 1.03 bits per heavy atom. The van der Waals surface area contributed by atoms with Crippen LogP contribution in [0.25, 0.3) is 5.69 Å². The van der Waals surface area contributed by atoms with Crippen molar-refractivity contribution in [1.82, 2.24) is 20.1 Å². The highest BCUT2D eigenvalue weighted by atomic mass is 35.5. The van der Waals surface area contributed by atoms with Crippen LogP contribution in [0.4, 0.5) is 0 Å². The van der Waals surface area contributed by atoms with Crippen LogP contribution in [0, 0.1) is 11.3 Å². The molecule has 1 fully saturated rings. The Hall–Kier alpha value is -2.88. The molecule has 1 N–H and O–H groups in total. The largest absolute Gasteiger partial charge is 0.490 e. The van der Waals surface area contributed by atoms with Crippen molar-refractivity contribution in [2.45, 2.75) is 50.8 Å². The van der Waals surface area contributed by atoms with Gasteiger partial charge in [0.05, 0.1) is 30.0 Å². The van der Waals surface area contributed by atoms with Crippen LogP contribution in [-0.4, -0.2) is 20.9 Å². The molecule has 0 saturated heterocycles. The van der Waals surface area contributed by atoms with Crippen LogP contribution in [0.15, 0.2) is 42.5 Å². The lowest BCUT2D eigenvalue weighted by atomic mass is 9.86. The summed E-state index contributed by atoms with van der Waals surface area (Å²) in [4.78, 5) is 0. The molecule has 0 unspecified atom stereocenters. The maximum Gasteiger partial charge on any atom is 0.151 e. The van der Waals surface area contributed by atoms with E-state index in [2.05, 4.69) is 32.2 Å². The predicted octanol–water partition coefficient (Wildman–Crippen LogP) is 4.50. The highest BCUT2D eigenvalue weighted by Crippen LogP contribution is 2.36.